The molecule has 5 nitrogen and oxygen atoms in total. The minimum absolute atomic E-state index is 0.00694. The van der Waals surface area contributed by atoms with Crippen molar-refractivity contribution in [3.8, 4) is 5.75 Å². The van der Waals surface area contributed by atoms with Gasteiger partial charge >= 0.3 is 0 Å². The molecule has 2 aromatic rings. The monoisotopic (exact) mass is 584 g/mol. The molecular formula is C27H35BrCl2N2O3. The second-order valence-electron chi connectivity index (χ2n) is 9.52. The van der Waals surface area contributed by atoms with Crippen LogP contribution in [0.2, 0.25) is 10.0 Å². The summed E-state index contributed by atoms with van der Waals surface area (Å²) in [4.78, 5) is 27.9. The van der Waals surface area contributed by atoms with Crippen LogP contribution in [0.25, 0.3) is 0 Å². The quantitative estimate of drug-likeness (QED) is 0.285. The van der Waals surface area contributed by atoms with Crippen molar-refractivity contribution < 1.29 is 14.3 Å². The highest BCUT2D eigenvalue weighted by Crippen LogP contribution is 2.31. The second kappa shape index (κ2) is 13.5. The van der Waals surface area contributed by atoms with E-state index < -0.39 is 6.04 Å². The van der Waals surface area contributed by atoms with E-state index in [1.54, 1.807) is 23.1 Å². The molecule has 0 saturated carbocycles. The molecule has 0 aliphatic rings. The summed E-state index contributed by atoms with van der Waals surface area (Å²) in [5, 5.41) is 3.79. The molecule has 0 bridgehead atoms. The van der Waals surface area contributed by atoms with Gasteiger partial charge in [-0.2, -0.15) is 0 Å². The number of amides is 2. The lowest BCUT2D eigenvalue weighted by atomic mass is 9.87. The van der Waals surface area contributed by atoms with E-state index in [9.17, 15) is 9.59 Å². The first-order valence-corrected chi connectivity index (χ1v) is 13.5. The van der Waals surface area contributed by atoms with Gasteiger partial charge in [0.25, 0.3) is 5.91 Å². The predicted octanol–water partition coefficient (Wildman–Crippen LogP) is 7.16. The molecule has 0 aliphatic heterocycles. The van der Waals surface area contributed by atoms with E-state index in [4.69, 9.17) is 27.9 Å². The second-order valence-corrected chi connectivity index (χ2v) is 11.2. The Morgan fingerprint density at radius 2 is 1.80 bits per heavy atom. The largest absolute Gasteiger partial charge is 0.483 e. The normalized spacial score (nSPS) is 12.2. The van der Waals surface area contributed by atoms with Crippen LogP contribution in [0.1, 0.15) is 65.0 Å². The molecule has 8 heteroatoms. The Kier molecular flexibility index (Phi) is 11.4. The fourth-order valence-corrected chi connectivity index (χ4v) is 4.38. The van der Waals surface area contributed by atoms with Crippen molar-refractivity contribution in [1.29, 1.82) is 0 Å². The van der Waals surface area contributed by atoms with E-state index in [0.29, 0.717) is 28.8 Å². The Labute approximate surface area is 227 Å². The molecule has 2 amide bonds. The highest BCUT2D eigenvalue weighted by molar-refractivity contribution is 9.10. The third-order valence-electron chi connectivity index (χ3n) is 5.70. The van der Waals surface area contributed by atoms with Gasteiger partial charge in [0.15, 0.2) is 6.61 Å². The van der Waals surface area contributed by atoms with Crippen molar-refractivity contribution in [2.75, 3.05) is 13.2 Å². The fourth-order valence-electron chi connectivity index (χ4n) is 3.57. The summed E-state index contributed by atoms with van der Waals surface area (Å²) >= 11 is 15.8. The van der Waals surface area contributed by atoms with Crippen LogP contribution in [0.4, 0.5) is 0 Å². The average Bonchev–Trinajstić information content (AvgIpc) is 2.79. The number of halogens is 3. The Hall–Kier alpha value is -1.76. The molecule has 0 saturated heterocycles. The summed E-state index contributed by atoms with van der Waals surface area (Å²) in [6.45, 7) is 10.9. The van der Waals surface area contributed by atoms with Crippen molar-refractivity contribution in [3.63, 3.8) is 0 Å². The van der Waals surface area contributed by atoms with Gasteiger partial charge in [0.05, 0.1) is 14.5 Å². The number of hydrogen-bond acceptors (Lipinski definition) is 3. The maximum Gasteiger partial charge on any atom is 0.261 e. The molecule has 1 unspecified atom stereocenters. The summed E-state index contributed by atoms with van der Waals surface area (Å²) in [7, 11) is 0. The van der Waals surface area contributed by atoms with Crippen molar-refractivity contribution in [1.82, 2.24) is 10.2 Å². The molecule has 192 valence electrons. The number of benzene rings is 2. The Morgan fingerprint density at radius 1 is 1.09 bits per heavy atom. The minimum atomic E-state index is -0.635. The van der Waals surface area contributed by atoms with Crippen LogP contribution >= 0.6 is 39.1 Å². The van der Waals surface area contributed by atoms with Gasteiger partial charge in [0, 0.05) is 13.1 Å². The van der Waals surface area contributed by atoms with E-state index in [-0.39, 0.29) is 30.4 Å². The molecule has 0 spiro atoms. The summed E-state index contributed by atoms with van der Waals surface area (Å²) in [5.41, 5.74) is 1.93. The van der Waals surface area contributed by atoms with Gasteiger partial charge in [-0.25, -0.2) is 0 Å². The first kappa shape index (κ1) is 29.5. The number of carbonyl (C=O) groups is 2. The third kappa shape index (κ3) is 8.69. The lowest BCUT2D eigenvalue weighted by Crippen LogP contribution is -2.50. The predicted molar refractivity (Wildman–Crippen MR) is 147 cm³/mol. The lowest BCUT2D eigenvalue weighted by Gasteiger charge is -2.30. The van der Waals surface area contributed by atoms with Gasteiger partial charge in [-0.05, 0) is 69.6 Å². The number of nitrogens with one attached hydrogen (secondary N) is 1. The zero-order chi connectivity index (χ0) is 26.2. The van der Waals surface area contributed by atoms with Gasteiger partial charge in [-0.3, -0.25) is 9.59 Å². The SMILES string of the molecule is CCCCNC(=O)C(CC)N(Cc1ccc(Cl)c(Cl)c1)C(=O)COc1ccc(C(C)(C)C)cc1Br. The molecule has 0 aromatic heterocycles. The van der Waals surface area contributed by atoms with Crippen molar-refractivity contribution in [3.05, 3.63) is 62.0 Å². The van der Waals surface area contributed by atoms with Crippen LogP contribution in [-0.4, -0.2) is 35.9 Å². The number of rotatable bonds is 11. The molecule has 0 fully saturated rings. The first-order chi connectivity index (χ1) is 16.5. The molecule has 0 radical (unpaired) electrons. The smallest absolute Gasteiger partial charge is 0.261 e. The number of ether oxygens (including phenoxy) is 1. The number of nitrogens with zero attached hydrogens (tertiary/aromatic N) is 1. The number of hydrogen-bond donors (Lipinski definition) is 1. The Bertz CT molecular complexity index is 1020. The standard InChI is InChI=1S/C27H35BrCl2N2O3/c1-6-8-13-31-26(34)23(7-2)32(16-18-9-11-21(29)22(30)14-18)25(33)17-35-24-12-10-19(15-20(24)28)27(3,4)5/h9-12,14-15,23H,6-8,13,16-17H2,1-5H3,(H,31,34). The molecular weight excluding hydrogens is 551 g/mol. The Balaban J connectivity index is 2.24. The average molecular weight is 586 g/mol. The molecule has 35 heavy (non-hydrogen) atoms. The maximum absolute atomic E-state index is 13.4. The van der Waals surface area contributed by atoms with E-state index in [2.05, 4.69) is 48.9 Å². The van der Waals surface area contributed by atoms with E-state index in [1.807, 2.05) is 25.1 Å². The Morgan fingerprint density at radius 3 is 2.37 bits per heavy atom. The van der Waals surface area contributed by atoms with Crippen LogP contribution < -0.4 is 10.1 Å². The summed E-state index contributed by atoms with van der Waals surface area (Å²) < 4.78 is 6.66. The van der Waals surface area contributed by atoms with Crippen molar-refractivity contribution in [2.45, 2.75) is 71.9 Å². The van der Waals surface area contributed by atoms with Crippen LogP contribution in [-0.2, 0) is 21.5 Å². The molecule has 1 atom stereocenters. The van der Waals surface area contributed by atoms with E-state index in [0.717, 1.165) is 28.4 Å². The van der Waals surface area contributed by atoms with Crippen LogP contribution in [0.15, 0.2) is 40.9 Å². The van der Waals surface area contributed by atoms with Gasteiger partial charge in [0.2, 0.25) is 5.91 Å². The summed E-state index contributed by atoms with van der Waals surface area (Å²) in [6, 6.07) is 10.4. The minimum Gasteiger partial charge on any atom is -0.483 e. The molecule has 0 aliphatic carbocycles. The van der Waals surface area contributed by atoms with Crippen molar-refractivity contribution >= 4 is 50.9 Å². The lowest BCUT2D eigenvalue weighted by molar-refractivity contribution is -0.143. The third-order valence-corrected chi connectivity index (χ3v) is 7.06. The zero-order valence-electron chi connectivity index (χ0n) is 21.1. The topological polar surface area (TPSA) is 58.6 Å². The molecule has 2 rings (SSSR count). The van der Waals surface area contributed by atoms with Gasteiger partial charge < -0.3 is 15.0 Å². The van der Waals surface area contributed by atoms with E-state index >= 15 is 0 Å². The summed E-state index contributed by atoms with van der Waals surface area (Å²) in [5.74, 6) is 0.103. The zero-order valence-corrected chi connectivity index (χ0v) is 24.2. The van der Waals surface area contributed by atoms with Crippen LogP contribution in [0.5, 0.6) is 5.75 Å². The highest BCUT2D eigenvalue weighted by atomic mass is 79.9. The number of carbonyl (C=O) groups excluding carboxylic acids is 2. The summed E-state index contributed by atoms with van der Waals surface area (Å²) in [6.07, 6.45) is 2.32. The van der Waals surface area contributed by atoms with Gasteiger partial charge in [0.1, 0.15) is 11.8 Å². The maximum atomic E-state index is 13.4. The molecule has 0 heterocycles. The van der Waals surface area contributed by atoms with Crippen LogP contribution in [0.3, 0.4) is 0 Å². The number of unbranched alkanes of at least 4 members (excludes halogenated alkanes) is 1. The van der Waals surface area contributed by atoms with Crippen LogP contribution in [0, 0.1) is 0 Å². The van der Waals surface area contributed by atoms with Gasteiger partial charge in [-0.1, -0.05) is 76.4 Å². The molecule has 1 N–H and O–H groups in total. The van der Waals surface area contributed by atoms with Gasteiger partial charge in [-0.15, -0.1) is 0 Å². The fraction of sp³-hybridized carbons (Fsp3) is 0.481. The highest BCUT2D eigenvalue weighted by Gasteiger charge is 2.29. The van der Waals surface area contributed by atoms with E-state index in [1.165, 1.54) is 0 Å². The van der Waals surface area contributed by atoms with Crippen molar-refractivity contribution in [2.24, 2.45) is 0 Å². The molecule has 2 aromatic carbocycles. The first-order valence-electron chi connectivity index (χ1n) is 11.9.